The van der Waals surface area contributed by atoms with Crippen LogP contribution in [0, 0.1) is 0 Å². The highest BCUT2D eigenvalue weighted by atomic mass is 16.5. The molecule has 0 aliphatic heterocycles. The Morgan fingerprint density at radius 1 is 0.413 bits per heavy atom. The molecule has 0 spiro atoms. The number of carboxylic acid groups (broad SMARTS) is 1. The number of aliphatic carboxylic acids is 1. The topological polar surface area (TPSA) is 557 Å². The summed E-state index contributed by atoms with van der Waals surface area (Å²) >= 11 is 0. The van der Waals surface area contributed by atoms with Crippen molar-refractivity contribution >= 4 is 76.6 Å². The van der Waals surface area contributed by atoms with Crippen LogP contribution in [0.1, 0.15) is 115 Å². The maximum absolute atomic E-state index is 14.5. The van der Waals surface area contributed by atoms with E-state index in [-0.39, 0.29) is 159 Å². The van der Waals surface area contributed by atoms with Crippen LogP contribution >= 0.6 is 0 Å². The minimum absolute atomic E-state index is 0.0224. The lowest BCUT2D eigenvalue weighted by Crippen LogP contribution is -2.42. The van der Waals surface area contributed by atoms with E-state index in [1.165, 1.54) is 75.9 Å². The molecular weight excluding hydrogens is 1190 g/mol. The Kier molecular flexibility index (Phi) is 29.8. The predicted molar refractivity (Wildman–Crippen MR) is 343 cm³/mol. The van der Waals surface area contributed by atoms with E-state index in [4.69, 9.17) is 81.4 Å². The summed E-state index contributed by atoms with van der Waals surface area (Å²) in [6, 6.07) is 13.1. The van der Waals surface area contributed by atoms with Gasteiger partial charge < -0.3 is 97.3 Å². The van der Waals surface area contributed by atoms with Crippen molar-refractivity contribution in [3.05, 3.63) is 117 Å². The Hall–Kier alpha value is -10.9. The van der Waals surface area contributed by atoms with Gasteiger partial charge in [-0.1, -0.05) is 24.3 Å². The van der Waals surface area contributed by atoms with Crippen LogP contribution in [0.15, 0.2) is 92.8 Å². The van der Waals surface area contributed by atoms with Crippen molar-refractivity contribution in [2.45, 2.75) is 101 Å². The third-order valence-electron chi connectivity index (χ3n) is 14.0. The van der Waals surface area contributed by atoms with Gasteiger partial charge in [-0.3, -0.25) is 58.3 Å². The van der Waals surface area contributed by atoms with Crippen LogP contribution in [0.5, 0.6) is 23.0 Å². The molecule has 0 radical (unpaired) electrons. The number of nitrogens with one attached hydrogen (secondary N) is 3. The van der Waals surface area contributed by atoms with Gasteiger partial charge in [-0.25, -0.2) is 4.79 Å². The first-order chi connectivity index (χ1) is 43.7. The lowest BCUT2D eigenvalue weighted by Gasteiger charge is -2.21. The van der Waals surface area contributed by atoms with Crippen LogP contribution in [-0.2, 0) is 49.7 Å². The molecule has 4 amide bonds. The normalized spacial score (nSPS) is 12.0. The third kappa shape index (κ3) is 24.6. The zero-order valence-corrected chi connectivity index (χ0v) is 51.6. The number of amides is 4. The average Bonchev–Trinajstić information content (AvgIpc) is 0.948. The molecule has 0 aliphatic carbocycles. The number of carbonyl (C=O) groups is 9. The summed E-state index contributed by atoms with van der Waals surface area (Å²) in [4.78, 5) is 138. The fourth-order valence-electron chi connectivity index (χ4n) is 9.42. The van der Waals surface area contributed by atoms with Gasteiger partial charge in [-0.15, -0.1) is 0 Å². The van der Waals surface area contributed by atoms with Gasteiger partial charge in [0.15, 0.2) is 53.6 Å². The van der Waals surface area contributed by atoms with Crippen molar-refractivity contribution in [2.75, 3.05) is 54.1 Å². The van der Waals surface area contributed by atoms with Gasteiger partial charge in [0.25, 0.3) is 23.6 Å². The molecule has 0 heterocycles. The lowest BCUT2D eigenvalue weighted by atomic mass is 9.96. The van der Waals surface area contributed by atoms with Crippen LogP contribution in [0.2, 0.25) is 0 Å². The molecule has 4 aromatic rings. The highest BCUT2D eigenvalue weighted by molar-refractivity contribution is 6.04. The molecule has 0 saturated heterocycles. The highest BCUT2D eigenvalue weighted by Gasteiger charge is 2.29. The number of hydrogen-bond acceptors (Lipinski definition) is 18. The first-order valence-electron chi connectivity index (χ1n) is 29.0. The molecule has 0 fully saturated rings. The number of carboxylic acids is 1. The fraction of sp³-hybridized carbons (Fsp3) is 0.393. The first kappa shape index (κ1) is 73.6. The Balaban J connectivity index is 1.61. The summed E-state index contributed by atoms with van der Waals surface area (Å²) < 4.78 is 21.8. The molecule has 92 heavy (non-hydrogen) atoms. The van der Waals surface area contributed by atoms with Crippen molar-refractivity contribution in [3.8, 4) is 23.0 Å². The molecule has 0 saturated carbocycles. The Bertz CT molecular complexity index is 3410. The predicted octanol–water partition coefficient (Wildman–Crippen LogP) is -1.34. The number of hydrogen-bond donors (Lipinski definition) is 14. The number of nitrogens with two attached hydrogens (primary N) is 10. The molecule has 4 aromatic carbocycles. The summed E-state index contributed by atoms with van der Waals surface area (Å²) in [5, 5.41) is 17.4. The van der Waals surface area contributed by atoms with Gasteiger partial charge >= 0.3 is 5.97 Å². The Morgan fingerprint density at radius 3 is 0.978 bits per heavy atom. The number of nitrogens with zero attached hydrogens (tertiary/aromatic N) is 4. The summed E-state index contributed by atoms with van der Waals surface area (Å²) in [5.74, 6) is -6.72. The molecule has 0 aromatic heterocycles. The van der Waals surface area contributed by atoms with Crippen molar-refractivity contribution in [3.63, 3.8) is 0 Å². The van der Waals surface area contributed by atoms with Crippen molar-refractivity contribution in [1.29, 1.82) is 0 Å². The second kappa shape index (κ2) is 37.2. The molecule has 496 valence electrons. The quantitative estimate of drug-likeness (QED) is 0.0139. The van der Waals surface area contributed by atoms with E-state index in [1.54, 1.807) is 18.2 Å². The number of guanidine groups is 4. The first-order valence-corrected chi connectivity index (χ1v) is 29.0. The molecule has 0 unspecified atom stereocenters. The largest absolute Gasteiger partial charge is 0.496 e. The molecule has 4 rings (SSSR count). The van der Waals surface area contributed by atoms with E-state index in [9.17, 15) is 43.2 Å². The molecular formula is C61H83N17O14. The molecule has 31 nitrogen and oxygen atoms in total. The number of ketones is 4. The lowest BCUT2D eigenvalue weighted by molar-refractivity contribution is -0.139. The van der Waals surface area contributed by atoms with Gasteiger partial charge in [0.05, 0.1) is 67.8 Å². The maximum atomic E-state index is 14.5. The van der Waals surface area contributed by atoms with Crippen LogP contribution in [-0.4, -0.2) is 160 Å². The minimum atomic E-state index is -1.30. The number of ether oxygens (including phenoxy) is 4. The zero-order valence-electron chi connectivity index (χ0n) is 51.6. The fourth-order valence-corrected chi connectivity index (χ4v) is 9.42. The maximum Gasteiger partial charge on any atom is 0.341 e. The summed E-state index contributed by atoms with van der Waals surface area (Å²) in [7, 11) is 4.00. The van der Waals surface area contributed by atoms with E-state index in [1.807, 2.05) is 0 Å². The van der Waals surface area contributed by atoms with E-state index in [0.717, 1.165) is 0 Å². The molecule has 0 aliphatic rings. The highest BCUT2D eigenvalue weighted by Crippen LogP contribution is 2.27. The van der Waals surface area contributed by atoms with Gasteiger partial charge in [-0.05, 0) is 122 Å². The number of benzene rings is 4. The smallest absolute Gasteiger partial charge is 0.341 e. The zero-order chi connectivity index (χ0) is 68.0. The molecule has 24 N–H and O–H groups in total. The summed E-state index contributed by atoms with van der Waals surface area (Å²) in [5.41, 5.74) is 56.9. The third-order valence-corrected chi connectivity index (χ3v) is 14.0. The van der Waals surface area contributed by atoms with Crippen LogP contribution < -0.4 is 92.2 Å². The van der Waals surface area contributed by atoms with Gasteiger partial charge in [0.1, 0.15) is 23.0 Å². The monoisotopic (exact) mass is 1280 g/mol. The second-order valence-corrected chi connectivity index (χ2v) is 21.0. The number of carbonyl (C=O) groups excluding carboxylic acids is 8. The van der Waals surface area contributed by atoms with Crippen molar-refractivity contribution in [1.82, 2.24) is 16.0 Å². The van der Waals surface area contributed by atoms with Crippen molar-refractivity contribution < 1.29 is 67.2 Å². The standard InChI is InChI=1S/C61H83N17O14/c1-89-49-16-12-34(28-45(79)41(62)8-4-20-72-58(64)65)25-38(49)55(86)77-43(10-6-22-74-60(68)69)47(81)30-36-14-18-51(91-3)40(27-36)57(88)78-44(11-7-23-75-61(70)71)48(82)31-35-13-17-50(90-2)39(26-35)56(87)76-42(9-5-21-73-59(66)67)46(80)29-33-15-19-52(92-32-53(83)84)37(24-33)54(63)85/h12-19,24-27,41-44H,4-11,20-23,28-32,62H2,1-3H3,(H2,63,85)(H,76,87)(H,77,86)(H,78,88)(H,83,84)(H4,64,65,72)(H4,66,67,73)(H4,68,69,74)(H4,70,71,75)/t41-,42-,43-,44-/m1/s1. The van der Waals surface area contributed by atoms with E-state index < -0.39 is 77.7 Å². The number of methoxy groups -OCH3 is 3. The van der Waals surface area contributed by atoms with E-state index in [2.05, 4.69) is 35.9 Å². The van der Waals surface area contributed by atoms with Crippen LogP contribution in [0.4, 0.5) is 0 Å². The minimum Gasteiger partial charge on any atom is -0.496 e. The SMILES string of the molecule is COc1ccc(CC(=O)[C@H](N)CCCN=C(N)N)cc1C(=O)N[C@H](CCCN=C(N)N)C(=O)Cc1ccc(OC)c(C(=O)N[C@H](CCCN=C(N)N)C(=O)Cc2ccc(OC)c(C(=O)N[C@H](CCCN=C(N)N)C(=O)Cc3ccc(OCC(=O)O)c(C(N)=O)c3)c2)c1. The van der Waals surface area contributed by atoms with Crippen LogP contribution in [0.25, 0.3) is 0 Å². The number of rotatable bonds is 41. The summed E-state index contributed by atoms with van der Waals surface area (Å²) in [6.07, 6.45) is 0.499. The number of aliphatic imine (C=N–C) groups is 4. The van der Waals surface area contributed by atoms with Crippen molar-refractivity contribution in [2.24, 2.45) is 77.3 Å². The van der Waals surface area contributed by atoms with Crippen LogP contribution in [0.3, 0.4) is 0 Å². The summed E-state index contributed by atoms with van der Waals surface area (Å²) in [6.45, 7) is -0.167. The molecule has 31 heteroatoms. The molecule has 4 atom stereocenters. The second-order valence-electron chi connectivity index (χ2n) is 21.0. The number of primary amides is 1. The average molecular weight is 1280 g/mol. The Morgan fingerprint density at radius 2 is 0.696 bits per heavy atom. The molecule has 0 bridgehead atoms. The van der Waals surface area contributed by atoms with Gasteiger partial charge in [0.2, 0.25) is 0 Å². The number of Topliss-reactive ketones (excluding diaryl/α,β-unsaturated/α-hetero) is 4. The Labute approximate surface area is 530 Å². The van der Waals surface area contributed by atoms with E-state index >= 15 is 0 Å². The van der Waals surface area contributed by atoms with Gasteiger partial charge in [0, 0.05) is 51.9 Å². The van der Waals surface area contributed by atoms with E-state index in [0.29, 0.717) is 41.6 Å². The van der Waals surface area contributed by atoms with Gasteiger partial charge in [-0.2, -0.15) is 0 Å².